The zero-order chi connectivity index (χ0) is 16.2. The topological polar surface area (TPSA) is 31.9 Å². The van der Waals surface area contributed by atoms with Crippen LogP contribution in [0.3, 0.4) is 0 Å². The second-order valence-electron chi connectivity index (χ2n) is 6.05. The highest BCUT2D eigenvalue weighted by molar-refractivity contribution is 5.76. The lowest BCUT2D eigenvalue weighted by Gasteiger charge is -2.26. The molecule has 2 aromatic carbocycles. The highest BCUT2D eigenvalue weighted by Gasteiger charge is 2.18. The number of H-pyrrole nitrogens is 1. The molecule has 3 aromatic rings. The summed E-state index contributed by atoms with van der Waals surface area (Å²) in [6, 6.07) is 17.4. The maximum absolute atomic E-state index is 4.80. The van der Waals surface area contributed by atoms with E-state index in [4.69, 9.17) is 4.98 Å². The Morgan fingerprint density at radius 2 is 1.83 bits per heavy atom. The number of aryl methyl sites for hydroxylation is 1. The van der Waals surface area contributed by atoms with Crippen LogP contribution in [0.1, 0.15) is 43.8 Å². The van der Waals surface area contributed by atoms with E-state index in [1.807, 2.05) is 0 Å². The van der Waals surface area contributed by atoms with Crippen molar-refractivity contribution in [3.63, 3.8) is 0 Å². The fourth-order valence-electron chi connectivity index (χ4n) is 3.01. The van der Waals surface area contributed by atoms with Gasteiger partial charge in [-0.15, -0.1) is 0 Å². The molecule has 0 saturated carbocycles. The van der Waals surface area contributed by atoms with Crippen molar-refractivity contribution >= 4 is 11.0 Å². The Morgan fingerprint density at radius 3 is 2.52 bits per heavy atom. The first-order chi connectivity index (χ1) is 11.2. The van der Waals surface area contributed by atoms with E-state index < -0.39 is 0 Å². The summed E-state index contributed by atoms with van der Waals surface area (Å²) in [5.74, 6) is 1.05. The van der Waals surface area contributed by atoms with E-state index in [2.05, 4.69) is 79.2 Å². The Morgan fingerprint density at radius 1 is 1.04 bits per heavy atom. The first kappa shape index (κ1) is 15.8. The van der Waals surface area contributed by atoms with Crippen LogP contribution in [0.4, 0.5) is 0 Å². The van der Waals surface area contributed by atoms with E-state index in [-0.39, 0.29) is 6.04 Å². The summed E-state index contributed by atoms with van der Waals surface area (Å²) in [6.45, 7) is 8.55. The van der Waals surface area contributed by atoms with Crippen molar-refractivity contribution in [2.45, 2.75) is 39.8 Å². The number of hydrogen-bond acceptors (Lipinski definition) is 2. The van der Waals surface area contributed by atoms with Crippen LogP contribution in [0.2, 0.25) is 0 Å². The molecule has 0 aliphatic carbocycles. The Labute approximate surface area is 138 Å². The minimum absolute atomic E-state index is 0.262. The van der Waals surface area contributed by atoms with Gasteiger partial charge in [0.05, 0.1) is 17.1 Å². The smallest absolute Gasteiger partial charge is 0.124 e. The third-order valence-corrected chi connectivity index (χ3v) is 4.55. The van der Waals surface area contributed by atoms with E-state index in [1.165, 1.54) is 11.1 Å². The summed E-state index contributed by atoms with van der Waals surface area (Å²) >= 11 is 0. The molecule has 1 heterocycles. The van der Waals surface area contributed by atoms with Crippen molar-refractivity contribution < 1.29 is 0 Å². The van der Waals surface area contributed by atoms with Gasteiger partial charge in [-0.05, 0) is 43.1 Å². The summed E-state index contributed by atoms with van der Waals surface area (Å²) in [4.78, 5) is 10.8. The number of aromatic nitrogens is 2. The highest BCUT2D eigenvalue weighted by atomic mass is 15.2. The number of hydrogen-bond donors (Lipinski definition) is 1. The number of fused-ring (bicyclic) bond motifs is 1. The van der Waals surface area contributed by atoms with E-state index in [0.29, 0.717) is 0 Å². The van der Waals surface area contributed by atoms with Gasteiger partial charge in [0.1, 0.15) is 5.82 Å². The quantitative estimate of drug-likeness (QED) is 0.715. The third kappa shape index (κ3) is 3.45. The van der Waals surface area contributed by atoms with Crippen molar-refractivity contribution in [2.24, 2.45) is 0 Å². The van der Waals surface area contributed by atoms with Crippen LogP contribution >= 0.6 is 0 Å². The van der Waals surface area contributed by atoms with Crippen molar-refractivity contribution in [3.05, 3.63) is 65.5 Å². The predicted octanol–water partition coefficient (Wildman–Crippen LogP) is 4.71. The monoisotopic (exact) mass is 307 g/mol. The van der Waals surface area contributed by atoms with Crippen LogP contribution in [0.25, 0.3) is 11.0 Å². The van der Waals surface area contributed by atoms with Crippen LogP contribution in [0, 0.1) is 0 Å². The molecule has 3 nitrogen and oxygen atoms in total. The molecule has 0 bridgehead atoms. The summed E-state index contributed by atoms with van der Waals surface area (Å²) < 4.78 is 0. The lowest BCUT2D eigenvalue weighted by molar-refractivity contribution is 0.206. The van der Waals surface area contributed by atoms with Gasteiger partial charge in [-0.3, -0.25) is 4.90 Å². The summed E-state index contributed by atoms with van der Waals surface area (Å²) in [5.41, 5.74) is 4.88. The second-order valence-corrected chi connectivity index (χ2v) is 6.05. The van der Waals surface area contributed by atoms with Crippen LogP contribution in [-0.4, -0.2) is 21.4 Å². The molecule has 0 amide bonds. The Balaban J connectivity index is 1.84. The van der Waals surface area contributed by atoms with Gasteiger partial charge in [0.2, 0.25) is 0 Å². The number of benzene rings is 2. The summed E-state index contributed by atoms with van der Waals surface area (Å²) in [7, 11) is 0. The third-order valence-electron chi connectivity index (χ3n) is 4.55. The average molecular weight is 307 g/mol. The van der Waals surface area contributed by atoms with Gasteiger partial charge < -0.3 is 4.98 Å². The molecule has 0 spiro atoms. The van der Waals surface area contributed by atoms with Gasteiger partial charge in [-0.25, -0.2) is 4.98 Å². The molecule has 3 heteroatoms. The van der Waals surface area contributed by atoms with Gasteiger partial charge in [0.25, 0.3) is 0 Å². The van der Waals surface area contributed by atoms with Crippen molar-refractivity contribution in [2.75, 3.05) is 6.54 Å². The van der Waals surface area contributed by atoms with E-state index in [1.54, 1.807) is 0 Å². The molecule has 23 heavy (non-hydrogen) atoms. The van der Waals surface area contributed by atoms with Crippen LogP contribution in [0.5, 0.6) is 0 Å². The molecule has 0 fully saturated rings. The molecule has 3 rings (SSSR count). The van der Waals surface area contributed by atoms with Gasteiger partial charge in [-0.1, -0.05) is 50.2 Å². The molecule has 0 aliphatic heterocycles. The van der Waals surface area contributed by atoms with Crippen LogP contribution in [-0.2, 0) is 13.0 Å². The minimum atomic E-state index is 0.262. The molecule has 120 valence electrons. The SMILES string of the molecule is CCc1ccc2nc(C(C)N(CC)Cc3ccccc3)[nH]c2c1. The van der Waals surface area contributed by atoms with E-state index in [0.717, 1.165) is 36.4 Å². The first-order valence-electron chi connectivity index (χ1n) is 8.47. The number of rotatable bonds is 6. The number of nitrogens with zero attached hydrogens (tertiary/aromatic N) is 2. The predicted molar refractivity (Wildman–Crippen MR) is 96.4 cm³/mol. The van der Waals surface area contributed by atoms with Crippen LogP contribution < -0.4 is 0 Å². The molecule has 1 aromatic heterocycles. The maximum Gasteiger partial charge on any atom is 0.124 e. The molecule has 1 atom stereocenters. The van der Waals surface area contributed by atoms with E-state index >= 15 is 0 Å². The molecule has 1 unspecified atom stereocenters. The normalized spacial score (nSPS) is 12.9. The van der Waals surface area contributed by atoms with Crippen molar-refractivity contribution in [1.29, 1.82) is 0 Å². The van der Waals surface area contributed by atoms with Crippen LogP contribution in [0.15, 0.2) is 48.5 Å². The van der Waals surface area contributed by atoms with Gasteiger partial charge in [0.15, 0.2) is 0 Å². The Bertz CT molecular complexity index is 761. The molecule has 0 radical (unpaired) electrons. The first-order valence-corrected chi connectivity index (χ1v) is 8.47. The Kier molecular flexibility index (Phi) is 4.77. The molecule has 1 N–H and O–H groups in total. The number of aromatic amines is 1. The Hall–Kier alpha value is -2.13. The minimum Gasteiger partial charge on any atom is -0.341 e. The van der Waals surface area contributed by atoms with Gasteiger partial charge >= 0.3 is 0 Å². The zero-order valence-corrected chi connectivity index (χ0v) is 14.2. The zero-order valence-electron chi connectivity index (χ0n) is 14.2. The fourth-order valence-corrected chi connectivity index (χ4v) is 3.01. The molecule has 0 aliphatic rings. The van der Waals surface area contributed by atoms with Gasteiger partial charge in [0, 0.05) is 6.54 Å². The van der Waals surface area contributed by atoms with Gasteiger partial charge in [-0.2, -0.15) is 0 Å². The molecule has 0 saturated heterocycles. The molecular formula is C20H25N3. The highest BCUT2D eigenvalue weighted by Crippen LogP contribution is 2.23. The lowest BCUT2D eigenvalue weighted by Crippen LogP contribution is -2.27. The lowest BCUT2D eigenvalue weighted by atomic mass is 10.1. The summed E-state index contributed by atoms with van der Waals surface area (Å²) in [6.07, 6.45) is 1.05. The van der Waals surface area contributed by atoms with Crippen molar-refractivity contribution in [1.82, 2.24) is 14.9 Å². The fraction of sp³-hybridized carbons (Fsp3) is 0.350. The average Bonchev–Trinajstić information content (AvgIpc) is 3.03. The van der Waals surface area contributed by atoms with Crippen molar-refractivity contribution in [3.8, 4) is 0 Å². The second kappa shape index (κ2) is 6.97. The number of nitrogens with one attached hydrogen (secondary N) is 1. The summed E-state index contributed by atoms with van der Waals surface area (Å²) in [5, 5.41) is 0. The largest absolute Gasteiger partial charge is 0.341 e. The number of imidazole rings is 1. The maximum atomic E-state index is 4.80. The van der Waals surface area contributed by atoms with E-state index in [9.17, 15) is 0 Å². The molecular weight excluding hydrogens is 282 g/mol. The standard InChI is InChI=1S/C20H25N3/c1-4-16-11-12-18-19(13-16)22-20(21-18)15(3)23(5-2)14-17-9-7-6-8-10-17/h6-13,15H,4-5,14H2,1-3H3,(H,21,22).